The Bertz CT molecular complexity index is 390. The highest BCUT2D eigenvalue weighted by atomic mass is 16.5. The number of phenols is 1. The van der Waals surface area contributed by atoms with Gasteiger partial charge in [0.1, 0.15) is 0 Å². The lowest BCUT2D eigenvalue weighted by molar-refractivity contribution is 0.0696. The standard InChI is InChI=1S/C11H15NO4/c1-16-9-6-8(11(14)15)5-7(10(9)13)3-2-4-12/h5-6,13H,2-4,12H2,1H3,(H,14,15). The van der Waals surface area contributed by atoms with E-state index >= 15 is 0 Å². The maximum absolute atomic E-state index is 10.8. The average molecular weight is 225 g/mol. The zero-order chi connectivity index (χ0) is 12.1. The monoisotopic (exact) mass is 225 g/mol. The number of aryl methyl sites for hydroxylation is 1. The molecular formula is C11H15NO4. The topological polar surface area (TPSA) is 92.8 Å². The van der Waals surface area contributed by atoms with Crippen molar-refractivity contribution in [2.75, 3.05) is 13.7 Å². The number of aromatic hydroxyl groups is 1. The number of ether oxygens (including phenoxy) is 1. The van der Waals surface area contributed by atoms with Crippen LogP contribution in [-0.4, -0.2) is 29.8 Å². The minimum Gasteiger partial charge on any atom is -0.504 e. The largest absolute Gasteiger partial charge is 0.504 e. The SMILES string of the molecule is COc1cc(C(=O)O)cc(CCCN)c1O. The van der Waals surface area contributed by atoms with Crippen LogP contribution >= 0.6 is 0 Å². The van der Waals surface area contributed by atoms with Crippen LogP contribution in [-0.2, 0) is 6.42 Å². The van der Waals surface area contributed by atoms with Crippen LogP contribution in [0.2, 0.25) is 0 Å². The predicted molar refractivity (Wildman–Crippen MR) is 59.0 cm³/mol. The Morgan fingerprint density at radius 2 is 2.19 bits per heavy atom. The zero-order valence-corrected chi connectivity index (χ0v) is 9.06. The molecule has 1 aromatic carbocycles. The molecule has 0 aliphatic rings. The summed E-state index contributed by atoms with van der Waals surface area (Å²) in [4.78, 5) is 10.8. The van der Waals surface area contributed by atoms with Crippen LogP contribution in [0.25, 0.3) is 0 Å². The fraction of sp³-hybridized carbons (Fsp3) is 0.364. The maximum atomic E-state index is 10.8. The first kappa shape index (κ1) is 12.3. The Balaban J connectivity index is 3.13. The van der Waals surface area contributed by atoms with Crippen LogP contribution < -0.4 is 10.5 Å². The number of carboxylic acid groups (broad SMARTS) is 1. The van der Waals surface area contributed by atoms with Gasteiger partial charge in [-0.25, -0.2) is 4.79 Å². The van der Waals surface area contributed by atoms with Crippen molar-refractivity contribution in [2.24, 2.45) is 5.73 Å². The molecule has 0 amide bonds. The molecule has 0 atom stereocenters. The van der Waals surface area contributed by atoms with Gasteiger partial charge in [0.05, 0.1) is 12.7 Å². The van der Waals surface area contributed by atoms with Crippen LogP contribution in [0.15, 0.2) is 12.1 Å². The molecule has 0 bridgehead atoms. The van der Waals surface area contributed by atoms with Crippen LogP contribution in [0.3, 0.4) is 0 Å². The Labute approximate surface area is 93.5 Å². The minimum atomic E-state index is -1.05. The Hall–Kier alpha value is -1.75. The van der Waals surface area contributed by atoms with Gasteiger partial charge in [0, 0.05) is 0 Å². The maximum Gasteiger partial charge on any atom is 0.335 e. The molecule has 16 heavy (non-hydrogen) atoms. The second kappa shape index (κ2) is 5.37. The second-order valence-electron chi connectivity index (χ2n) is 3.38. The number of nitrogens with two attached hydrogens (primary N) is 1. The summed E-state index contributed by atoms with van der Waals surface area (Å²) in [6.45, 7) is 0.485. The quantitative estimate of drug-likeness (QED) is 0.694. The first-order valence-electron chi connectivity index (χ1n) is 4.93. The van der Waals surface area contributed by atoms with Crippen molar-refractivity contribution < 1.29 is 19.7 Å². The van der Waals surface area contributed by atoms with Crippen molar-refractivity contribution in [3.63, 3.8) is 0 Å². The van der Waals surface area contributed by atoms with Gasteiger partial charge in [0.25, 0.3) is 0 Å². The molecule has 0 aliphatic heterocycles. The molecule has 5 heteroatoms. The van der Waals surface area contributed by atoms with Crippen LogP contribution in [0.4, 0.5) is 0 Å². The van der Waals surface area contributed by atoms with E-state index in [1.165, 1.54) is 19.2 Å². The number of hydrogen-bond donors (Lipinski definition) is 3. The summed E-state index contributed by atoms with van der Waals surface area (Å²) in [6, 6.07) is 2.74. The molecule has 0 fully saturated rings. The molecule has 0 saturated heterocycles. The van der Waals surface area contributed by atoms with Gasteiger partial charge < -0.3 is 20.7 Å². The summed E-state index contributed by atoms with van der Waals surface area (Å²) >= 11 is 0. The normalized spacial score (nSPS) is 10.1. The van der Waals surface area contributed by atoms with E-state index in [1.807, 2.05) is 0 Å². The highest BCUT2D eigenvalue weighted by Crippen LogP contribution is 2.32. The van der Waals surface area contributed by atoms with Crippen molar-refractivity contribution >= 4 is 5.97 Å². The summed E-state index contributed by atoms with van der Waals surface area (Å²) in [5.74, 6) is -0.889. The molecular weight excluding hydrogens is 210 g/mol. The van der Waals surface area contributed by atoms with Crippen LogP contribution in [0.5, 0.6) is 11.5 Å². The molecule has 0 aromatic heterocycles. The predicted octanol–water partition coefficient (Wildman–Crippen LogP) is 0.990. The van der Waals surface area contributed by atoms with E-state index in [9.17, 15) is 9.90 Å². The third-order valence-electron chi connectivity index (χ3n) is 2.27. The highest BCUT2D eigenvalue weighted by Gasteiger charge is 2.13. The molecule has 1 aromatic rings. The van der Waals surface area contributed by atoms with E-state index in [4.69, 9.17) is 15.6 Å². The second-order valence-corrected chi connectivity index (χ2v) is 3.38. The molecule has 0 saturated carbocycles. The molecule has 1 rings (SSSR count). The molecule has 5 nitrogen and oxygen atoms in total. The Kier molecular flexibility index (Phi) is 4.13. The molecule has 4 N–H and O–H groups in total. The van der Waals surface area contributed by atoms with E-state index < -0.39 is 5.97 Å². The number of hydrogen-bond acceptors (Lipinski definition) is 4. The van der Waals surface area contributed by atoms with Gasteiger partial charge in [-0.2, -0.15) is 0 Å². The molecule has 0 unspecified atom stereocenters. The van der Waals surface area contributed by atoms with Gasteiger partial charge >= 0.3 is 5.97 Å². The summed E-state index contributed by atoms with van der Waals surface area (Å²) in [5, 5.41) is 18.6. The summed E-state index contributed by atoms with van der Waals surface area (Å²) in [6.07, 6.45) is 1.21. The highest BCUT2D eigenvalue weighted by molar-refractivity contribution is 5.89. The first-order valence-corrected chi connectivity index (χ1v) is 4.93. The molecule has 0 heterocycles. The lowest BCUT2D eigenvalue weighted by Gasteiger charge is -2.10. The number of rotatable bonds is 5. The van der Waals surface area contributed by atoms with Gasteiger partial charge in [-0.1, -0.05) is 0 Å². The van der Waals surface area contributed by atoms with Crippen molar-refractivity contribution in [1.82, 2.24) is 0 Å². The molecule has 88 valence electrons. The molecule has 0 aliphatic carbocycles. The van der Waals surface area contributed by atoms with Crippen molar-refractivity contribution in [3.8, 4) is 11.5 Å². The Morgan fingerprint density at radius 1 is 1.50 bits per heavy atom. The van der Waals surface area contributed by atoms with Gasteiger partial charge in [-0.3, -0.25) is 0 Å². The summed E-state index contributed by atoms with van der Waals surface area (Å²) in [7, 11) is 1.38. The zero-order valence-electron chi connectivity index (χ0n) is 9.06. The third-order valence-corrected chi connectivity index (χ3v) is 2.27. The van der Waals surface area contributed by atoms with E-state index in [2.05, 4.69) is 0 Å². The van der Waals surface area contributed by atoms with Gasteiger partial charge in [0.15, 0.2) is 11.5 Å². The molecule has 0 spiro atoms. The van der Waals surface area contributed by atoms with E-state index in [0.29, 0.717) is 24.9 Å². The number of carboxylic acids is 1. The summed E-state index contributed by atoms with van der Waals surface area (Å²) < 4.78 is 4.91. The number of carbonyl (C=O) groups is 1. The first-order chi connectivity index (χ1) is 7.60. The van der Waals surface area contributed by atoms with Crippen molar-refractivity contribution in [2.45, 2.75) is 12.8 Å². The fourth-order valence-electron chi connectivity index (χ4n) is 1.43. The minimum absolute atomic E-state index is 0.0130. The van der Waals surface area contributed by atoms with Gasteiger partial charge in [-0.15, -0.1) is 0 Å². The van der Waals surface area contributed by atoms with Crippen molar-refractivity contribution in [1.29, 1.82) is 0 Å². The number of benzene rings is 1. The lowest BCUT2D eigenvalue weighted by Crippen LogP contribution is -2.03. The smallest absolute Gasteiger partial charge is 0.335 e. The van der Waals surface area contributed by atoms with E-state index in [0.717, 1.165) is 0 Å². The van der Waals surface area contributed by atoms with Gasteiger partial charge in [0.2, 0.25) is 0 Å². The number of methoxy groups -OCH3 is 1. The van der Waals surface area contributed by atoms with E-state index in [-0.39, 0.29) is 17.1 Å². The Morgan fingerprint density at radius 3 is 2.69 bits per heavy atom. The average Bonchev–Trinajstić information content (AvgIpc) is 2.27. The fourth-order valence-corrected chi connectivity index (χ4v) is 1.43. The lowest BCUT2D eigenvalue weighted by atomic mass is 10.0. The van der Waals surface area contributed by atoms with E-state index in [1.54, 1.807) is 0 Å². The van der Waals surface area contributed by atoms with Gasteiger partial charge in [-0.05, 0) is 37.1 Å². The summed E-state index contributed by atoms with van der Waals surface area (Å²) in [5.41, 5.74) is 6.01. The number of phenolic OH excluding ortho intramolecular Hbond substituents is 1. The van der Waals surface area contributed by atoms with Crippen LogP contribution in [0.1, 0.15) is 22.3 Å². The van der Waals surface area contributed by atoms with Crippen LogP contribution in [0, 0.1) is 0 Å². The number of aromatic carboxylic acids is 1. The third kappa shape index (κ3) is 2.64. The van der Waals surface area contributed by atoms with Crippen molar-refractivity contribution in [3.05, 3.63) is 23.3 Å². The molecule has 0 radical (unpaired) electrons.